The molecule has 41 heavy (non-hydrogen) atoms. The number of carboxylic acids is 1. The Kier molecular flexibility index (Phi) is 9.89. The predicted octanol–water partition coefficient (Wildman–Crippen LogP) is 9.73. The lowest BCUT2D eigenvalue weighted by Gasteiger charge is -2.43. The van der Waals surface area contributed by atoms with Crippen LogP contribution in [0, 0.1) is 5.92 Å². The summed E-state index contributed by atoms with van der Waals surface area (Å²) in [5, 5.41) is 15.2. The normalized spacial score (nSPS) is 18.3. The van der Waals surface area contributed by atoms with E-state index in [1.54, 1.807) is 24.3 Å². The molecule has 6 rings (SSSR count). The second-order valence-electron chi connectivity index (χ2n) is 9.84. The number of carboxylic acid groups (broad SMARTS) is 1. The number of aromatic carboxylic acids is 1. The van der Waals surface area contributed by atoms with Gasteiger partial charge < -0.3 is 10.0 Å². The van der Waals surface area contributed by atoms with Gasteiger partial charge in [-0.1, -0.05) is 83.5 Å². The van der Waals surface area contributed by atoms with E-state index in [9.17, 15) is 9.59 Å². The molecule has 2 aromatic carbocycles. The van der Waals surface area contributed by atoms with Gasteiger partial charge in [0.15, 0.2) is 5.69 Å². The number of hydrogen-bond acceptors (Lipinski definition) is 6. The molecule has 2 aliphatic rings. The van der Waals surface area contributed by atoms with E-state index in [1.165, 1.54) is 53.7 Å². The van der Waals surface area contributed by atoms with E-state index in [4.69, 9.17) is 51.5 Å². The van der Waals surface area contributed by atoms with Crippen molar-refractivity contribution in [1.82, 2.24) is 14.9 Å². The first-order valence-corrected chi connectivity index (χ1v) is 16.4. The molecule has 1 saturated heterocycles. The zero-order valence-corrected chi connectivity index (χ0v) is 26.3. The number of aromatic nitrogens is 2. The Hall–Kier alpha value is -2.20. The molecular formula is C29H25Cl4N3O3S2. The Morgan fingerprint density at radius 3 is 1.90 bits per heavy atom. The van der Waals surface area contributed by atoms with E-state index >= 15 is 0 Å². The van der Waals surface area contributed by atoms with Gasteiger partial charge in [-0.3, -0.25) is 4.79 Å². The molecule has 12 heteroatoms. The number of amides is 1. The summed E-state index contributed by atoms with van der Waals surface area (Å²) in [4.78, 5) is 34.4. The van der Waals surface area contributed by atoms with Gasteiger partial charge in [-0.25, -0.2) is 14.8 Å². The van der Waals surface area contributed by atoms with Crippen molar-refractivity contribution in [3.63, 3.8) is 0 Å². The van der Waals surface area contributed by atoms with Crippen LogP contribution in [0.25, 0.3) is 21.1 Å². The quantitative estimate of drug-likeness (QED) is 0.234. The number of fused-ring (bicyclic) bond motifs is 1. The molecule has 1 amide bonds. The third-order valence-corrected chi connectivity index (χ3v) is 10.7. The van der Waals surface area contributed by atoms with Gasteiger partial charge in [0, 0.05) is 34.5 Å². The van der Waals surface area contributed by atoms with E-state index in [2.05, 4.69) is 14.9 Å². The fraction of sp³-hybridized carbons (Fsp3) is 0.310. The minimum Gasteiger partial charge on any atom is -0.476 e. The highest BCUT2D eigenvalue weighted by atomic mass is 35.5. The van der Waals surface area contributed by atoms with Gasteiger partial charge in [-0.2, -0.15) is 0 Å². The molecule has 3 heterocycles. The predicted molar refractivity (Wildman–Crippen MR) is 168 cm³/mol. The van der Waals surface area contributed by atoms with Crippen LogP contribution in [0.1, 0.15) is 59.5 Å². The van der Waals surface area contributed by atoms with Gasteiger partial charge in [0.05, 0.1) is 20.1 Å². The molecule has 1 saturated carbocycles. The van der Waals surface area contributed by atoms with Crippen LogP contribution in [-0.2, 0) is 0 Å². The fourth-order valence-corrected chi connectivity index (χ4v) is 7.90. The van der Waals surface area contributed by atoms with Gasteiger partial charge >= 0.3 is 5.97 Å². The maximum Gasteiger partial charge on any atom is 0.355 e. The first-order chi connectivity index (χ1) is 19.7. The van der Waals surface area contributed by atoms with Crippen LogP contribution >= 0.6 is 69.1 Å². The second-order valence-corrected chi connectivity index (χ2v) is 13.1. The molecule has 2 aromatic heterocycles. The number of benzene rings is 2. The summed E-state index contributed by atoms with van der Waals surface area (Å²) in [7, 11) is 0. The van der Waals surface area contributed by atoms with Gasteiger partial charge in [-0.15, -0.1) is 22.7 Å². The summed E-state index contributed by atoms with van der Waals surface area (Å²) in [5.74, 6) is -0.315. The Labute approximate surface area is 265 Å². The van der Waals surface area contributed by atoms with Crippen LogP contribution in [0.15, 0.2) is 47.2 Å². The maximum absolute atomic E-state index is 13.1. The zero-order chi connectivity index (χ0) is 29.1. The molecule has 0 spiro atoms. The largest absolute Gasteiger partial charge is 0.476 e. The van der Waals surface area contributed by atoms with Crippen molar-refractivity contribution in [2.24, 2.45) is 5.92 Å². The number of carbonyl (C=O) groups is 2. The molecule has 2 unspecified atom stereocenters. The van der Waals surface area contributed by atoms with Crippen LogP contribution in [0.4, 0.5) is 0 Å². The Morgan fingerprint density at radius 1 is 0.780 bits per heavy atom. The maximum atomic E-state index is 13.1. The van der Waals surface area contributed by atoms with Crippen LogP contribution < -0.4 is 0 Å². The number of carbonyl (C=O) groups excluding carboxylic acids is 1. The van der Waals surface area contributed by atoms with E-state index < -0.39 is 5.97 Å². The summed E-state index contributed by atoms with van der Waals surface area (Å²) in [6, 6.07) is 11.0. The van der Waals surface area contributed by atoms with Gasteiger partial charge in [0.1, 0.15) is 15.7 Å². The number of likely N-dealkylation sites (tertiary alicyclic amines) is 1. The number of thiazole rings is 2. The third kappa shape index (κ3) is 6.74. The van der Waals surface area contributed by atoms with Crippen molar-refractivity contribution in [2.45, 2.75) is 44.6 Å². The smallest absolute Gasteiger partial charge is 0.355 e. The molecular weight excluding hydrogens is 644 g/mol. The van der Waals surface area contributed by atoms with E-state index in [0.717, 1.165) is 30.0 Å². The van der Waals surface area contributed by atoms with Crippen molar-refractivity contribution in [2.75, 3.05) is 6.54 Å². The van der Waals surface area contributed by atoms with Gasteiger partial charge in [0.25, 0.3) is 5.91 Å². The van der Waals surface area contributed by atoms with Crippen molar-refractivity contribution in [3.8, 4) is 21.1 Å². The molecule has 2 fully saturated rings. The summed E-state index contributed by atoms with van der Waals surface area (Å²) in [5.41, 5.74) is 1.97. The average Bonchev–Trinajstić information content (AvgIpc) is 3.67. The molecule has 4 aromatic rings. The topological polar surface area (TPSA) is 83.4 Å². The number of piperidine rings is 1. The molecule has 0 radical (unpaired) electrons. The van der Waals surface area contributed by atoms with Gasteiger partial charge in [-0.05, 0) is 43.7 Å². The molecule has 1 N–H and O–H groups in total. The lowest BCUT2D eigenvalue weighted by atomic mass is 9.78. The first kappa shape index (κ1) is 30.3. The summed E-state index contributed by atoms with van der Waals surface area (Å²) in [6.07, 6.45) is 7.28. The van der Waals surface area contributed by atoms with Crippen molar-refractivity contribution in [3.05, 3.63) is 78.6 Å². The molecule has 0 bridgehead atoms. The van der Waals surface area contributed by atoms with Crippen LogP contribution in [0.5, 0.6) is 0 Å². The molecule has 1 aliphatic heterocycles. The van der Waals surface area contributed by atoms with Crippen LogP contribution in [0.2, 0.25) is 20.1 Å². The highest BCUT2D eigenvalue weighted by Crippen LogP contribution is 2.38. The standard InChI is InChI=1S/C19H20Cl2N2OS.C10H5Cl2NO2S/c20-14-8-3-7-13(17(14)21)18-22-15(11-25-18)19(24)23-10-4-6-12-5-1-2-9-16(12)23;11-6-3-1-2-5(8(6)12)9-13-7(4-16-9)10(14)15/h3,7-8,11-12,16H,1-2,4-6,9-10H2;1-4H,(H,14,15). The molecule has 214 valence electrons. The van der Waals surface area contributed by atoms with E-state index in [0.29, 0.717) is 48.3 Å². The van der Waals surface area contributed by atoms with Crippen molar-refractivity contribution < 1.29 is 14.7 Å². The van der Waals surface area contributed by atoms with Crippen LogP contribution in [0.3, 0.4) is 0 Å². The monoisotopic (exact) mass is 667 g/mol. The number of hydrogen-bond donors (Lipinski definition) is 1. The van der Waals surface area contributed by atoms with Crippen molar-refractivity contribution >= 4 is 81.0 Å². The summed E-state index contributed by atoms with van der Waals surface area (Å²) >= 11 is 26.9. The first-order valence-electron chi connectivity index (χ1n) is 13.1. The SMILES string of the molecule is O=C(O)c1csc(-c2cccc(Cl)c2Cl)n1.O=C(c1csc(-c2cccc(Cl)c2Cl)n1)N1CCCC2CCCCC21. The van der Waals surface area contributed by atoms with E-state index in [-0.39, 0.29) is 11.6 Å². The minimum absolute atomic E-state index is 0.0102. The lowest BCUT2D eigenvalue weighted by molar-refractivity contribution is 0.0386. The number of rotatable bonds is 4. The Balaban J connectivity index is 0.000000182. The zero-order valence-electron chi connectivity index (χ0n) is 21.7. The second kappa shape index (κ2) is 13.4. The number of halogens is 4. The van der Waals surface area contributed by atoms with E-state index in [1.807, 2.05) is 17.5 Å². The molecule has 2 atom stereocenters. The lowest BCUT2D eigenvalue weighted by Crippen LogP contribution is -2.49. The van der Waals surface area contributed by atoms with Crippen molar-refractivity contribution in [1.29, 1.82) is 0 Å². The van der Waals surface area contributed by atoms with Gasteiger partial charge in [0.2, 0.25) is 0 Å². The highest BCUT2D eigenvalue weighted by Gasteiger charge is 2.36. The molecule has 6 nitrogen and oxygen atoms in total. The van der Waals surface area contributed by atoms with Crippen LogP contribution in [-0.4, -0.2) is 44.4 Å². The molecule has 1 aliphatic carbocycles. The summed E-state index contributed by atoms with van der Waals surface area (Å²) < 4.78 is 0. The minimum atomic E-state index is -1.05. The third-order valence-electron chi connectivity index (χ3n) is 7.31. The average molecular weight is 669 g/mol. The Morgan fingerprint density at radius 2 is 1.32 bits per heavy atom. The fourth-order valence-electron chi connectivity index (χ4n) is 5.35. The Bertz CT molecular complexity index is 1570. The number of nitrogens with zero attached hydrogens (tertiary/aromatic N) is 3. The highest BCUT2D eigenvalue weighted by molar-refractivity contribution is 7.13. The summed E-state index contributed by atoms with van der Waals surface area (Å²) in [6.45, 7) is 0.852.